The van der Waals surface area contributed by atoms with Crippen molar-refractivity contribution >= 4 is 39.7 Å². The maximum atomic E-state index is 12.7. The third-order valence-corrected chi connectivity index (χ3v) is 6.11. The molecular formula is C17H20Cl2N2O2S. The van der Waals surface area contributed by atoms with E-state index in [-0.39, 0.29) is 28.4 Å². The van der Waals surface area contributed by atoms with Gasteiger partial charge < -0.3 is 5.73 Å². The maximum absolute atomic E-state index is 12.7. The van der Waals surface area contributed by atoms with Crippen molar-refractivity contribution in [3.8, 4) is 0 Å². The number of nitrogens with one attached hydrogen (secondary N) is 1. The molecule has 4 nitrogen and oxygen atoms in total. The fraction of sp³-hybridized carbons (Fsp3) is 0.294. The second kappa shape index (κ2) is 7.31. The Hall–Kier alpha value is -1.27. The van der Waals surface area contributed by atoms with E-state index in [4.69, 9.17) is 17.3 Å². The van der Waals surface area contributed by atoms with Crippen molar-refractivity contribution in [3.05, 3.63) is 58.1 Å². The summed E-state index contributed by atoms with van der Waals surface area (Å²) in [5.41, 5.74) is 9.49. The number of hydrogen-bond donors (Lipinski definition) is 2. The molecular weight excluding hydrogens is 367 g/mol. The summed E-state index contributed by atoms with van der Waals surface area (Å²) in [6.45, 7) is 1.84. The molecule has 24 heavy (non-hydrogen) atoms. The number of halogens is 2. The van der Waals surface area contributed by atoms with E-state index in [1.165, 1.54) is 0 Å². The second-order valence-corrected chi connectivity index (χ2v) is 8.05. The smallest absolute Gasteiger partial charge is 0.242 e. The van der Waals surface area contributed by atoms with E-state index < -0.39 is 10.0 Å². The molecule has 0 aliphatic heterocycles. The highest BCUT2D eigenvalue weighted by atomic mass is 35.5. The Morgan fingerprint density at radius 1 is 1.21 bits per heavy atom. The van der Waals surface area contributed by atoms with Gasteiger partial charge in [-0.2, -0.15) is 0 Å². The van der Waals surface area contributed by atoms with Gasteiger partial charge in [-0.05, 0) is 67.1 Å². The van der Waals surface area contributed by atoms with Gasteiger partial charge in [0.1, 0.15) is 4.90 Å². The van der Waals surface area contributed by atoms with Crippen LogP contribution < -0.4 is 10.5 Å². The number of hydrogen-bond acceptors (Lipinski definition) is 3. The molecule has 0 heterocycles. The van der Waals surface area contributed by atoms with Crippen molar-refractivity contribution < 1.29 is 8.42 Å². The van der Waals surface area contributed by atoms with Gasteiger partial charge in [0.05, 0.1) is 5.02 Å². The summed E-state index contributed by atoms with van der Waals surface area (Å²) in [5, 5.41) is 0.233. The maximum Gasteiger partial charge on any atom is 0.242 e. The van der Waals surface area contributed by atoms with Crippen molar-refractivity contribution in [3.63, 3.8) is 0 Å². The zero-order chi connectivity index (χ0) is 16.6. The first-order valence-corrected chi connectivity index (χ1v) is 9.40. The highest BCUT2D eigenvalue weighted by molar-refractivity contribution is 7.89. The molecule has 0 aromatic heterocycles. The lowest BCUT2D eigenvalue weighted by molar-refractivity contribution is 0.507. The quantitative estimate of drug-likeness (QED) is 0.782. The minimum absolute atomic E-state index is 0. The Kier molecular flexibility index (Phi) is 5.81. The average Bonchev–Trinajstić information content (AvgIpc) is 2.49. The van der Waals surface area contributed by atoms with Crippen LogP contribution in [0.2, 0.25) is 5.02 Å². The molecule has 0 radical (unpaired) electrons. The van der Waals surface area contributed by atoms with Gasteiger partial charge in [0.15, 0.2) is 0 Å². The highest BCUT2D eigenvalue weighted by Crippen LogP contribution is 2.33. The Morgan fingerprint density at radius 2 is 1.96 bits per heavy atom. The van der Waals surface area contributed by atoms with E-state index in [1.807, 2.05) is 25.1 Å². The third kappa shape index (κ3) is 3.86. The van der Waals surface area contributed by atoms with Gasteiger partial charge in [-0.3, -0.25) is 0 Å². The van der Waals surface area contributed by atoms with Crippen molar-refractivity contribution in [2.24, 2.45) is 0 Å². The molecule has 1 aliphatic rings. The van der Waals surface area contributed by atoms with Crippen LogP contribution in [0.5, 0.6) is 0 Å². The van der Waals surface area contributed by atoms with E-state index in [1.54, 1.807) is 18.2 Å². The summed E-state index contributed by atoms with van der Waals surface area (Å²) in [5.74, 6) is 0. The fourth-order valence-corrected chi connectivity index (χ4v) is 4.86. The first kappa shape index (κ1) is 19.1. The lowest BCUT2D eigenvalue weighted by Crippen LogP contribution is -2.31. The number of rotatable bonds is 3. The van der Waals surface area contributed by atoms with Crippen molar-refractivity contribution in [2.75, 3.05) is 5.73 Å². The summed E-state index contributed by atoms with van der Waals surface area (Å²) in [4.78, 5) is 0.127. The summed E-state index contributed by atoms with van der Waals surface area (Å²) < 4.78 is 28.3. The molecule has 0 saturated carbocycles. The van der Waals surface area contributed by atoms with Crippen molar-refractivity contribution in [2.45, 2.75) is 37.1 Å². The molecule has 1 aliphatic carbocycles. The van der Waals surface area contributed by atoms with Crippen LogP contribution >= 0.6 is 24.0 Å². The summed E-state index contributed by atoms with van der Waals surface area (Å²) in [6.07, 6.45) is 2.61. The fourth-order valence-electron chi connectivity index (χ4n) is 3.02. The van der Waals surface area contributed by atoms with Crippen LogP contribution in [0.15, 0.2) is 41.3 Å². The molecule has 1 atom stereocenters. The van der Waals surface area contributed by atoms with E-state index in [0.29, 0.717) is 5.69 Å². The van der Waals surface area contributed by atoms with Gasteiger partial charge in [0.25, 0.3) is 0 Å². The average molecular weight is 387 g/mol. The predicted octanol–water partition coefficient (Wildman–Crippen LogP) is 4.01. The Bertz CT molecular complexity index is 854. The number of anilines is 1. The SMILES string of the molecule is Cc1ccc(Cl)c(S(=O)(=O)NC2CCCc3cc(N)ccc32)c1.Cl. The van der Waals surface area contributed by atoms with Gasteiger partial charge in [0.2, 0.25) is 10.0 Å². The molecule has 130 valence electrons. The molecule has 3 rings (SSSR count). The Morgan fingerprint density at radius 3 is 2.71 bits per heavy atom. The van der Waals surface area contributed by atoms with Gasteiger partial charge in [-0.15, -0.1) is 12.4 Å². The molecule has 0 amide bonds. The van der Waals surface area contributed by atoms with E-state index in [9.17, 15) is 8.42 Å². The molecule has 0 spiro atoms. The second-order valence-electron chi connectivity index (χ2n) is 5.96. The number of benzene rings is 2. The summed E-state index contributed by atoms with van der Waals surface area (Å²) in [6, 6.07) is 10.4. The largest absolute Gasteiger partial charge is 0.399 e. The number of nitrogen functional groups attached to an aromatic ring is 1. The number of fused-ring (bicyclic) bond motifs is 1. The number of aryl methyl sites for hydroxylation is 2. The molecule has 2 aromatic carbocycles. The van der Waals surface area contributed by atoms with Crippen molar-refractivity contribution in [1.82, 2.24) is 4.72 Å². The van der Waals surface area contributed by atoms with E-state index in [0.717, 1.165) is 36.0 Å². The van der Waals surface area contributed by atoms with Crippen LogP contribution in [0.3, 0.4) is 0 Å². The third-order valence-electron chi connectivity index (χ3n) is 4.15. The molecule has 0 fully saturated rings. The lowest BCUT2D eigenvalue weighted by atomic mass is 9.88. The first-order chi connectivity index (χ1) is 10.9. The van der Waals surface area contributed by atoms with Crippen LogP contribution in [0.25, 0.3) is 0 Å². The normalized spacial score (nSPS) is 17.0. The molecule has 2 aromatic rings. The van der Waals surface area contributed by atoms with Crippen LogP contribution in [-0.4, -0.2) is 8.42 Å². The zero-order valence-electron chi connectivity index (χ0n) is 13.3. The van der Waals surface area contributed by atoms with Crippen LogP contribution in [0.4, 0.5) is 5.69 Å². The van der Waals surface area contributed by atoms with Gasteiger partial charge in [-0.25, -0.2) is 13.1 Å². The zero-order valence-corrected chi connectivity index (χ0v) is 15.6. The Balaban J connectivity index is 0.00000208. The van der Waals surface area contributed by atoms with Crippen LogP contribution in [0, 0.1) is 6.92 Å². The Labute approximate surface area is 153 Å². The molecule has 0 saturated heterocycles. The minimum Gasteiger partial charge on any atom is -0.399 e. The molecule has 3 N–H and O–H groups in total. The highest BCUT2D eigenvalue weighted by Gasteiger charge is 2.27. The molecule has 1 unspecified atom stereocenters. The van der Waals surface area contributed by atoms with E-state index >= 15 is 0 Å². The van der Waals surface area contributed by atoms with Crippen LogP contribution in [0.1, 0.15) is 35.6 Å². The van der Waals surface area contributed by atoms with Gasteiger partial charge in [-0.1, -0.05) is 23.7 Å². The predicted molar refractivity (Wildman–Crippen MR) is 100 cm³/mol. The van der Waals surface area contributed by atoms with Gasteiger partial charge in [0, 0.05) is 11.7 Å². The standard InChI is InChI=1S/C17H19ClN2O2S.ClH/c1-11-5-8-15(18)17(9-11)23(21,22)20-16-4-2-3-12-10-13(19)6-7-14(12)16;/h5-10,16,20H,2-4,19H2,1H3;1H. The summed E-state index contributed by atoms with van der Waals surface area (Å²) >= 11 is 6.08. The molecule has 7 heteroatoms. The minimum atomic E-state index is -3.68. The lowest BCUT2D eigenvalue weighted by Gasteiger charge is -2.26. The summed E-state index contributed by atoms with van der Waals surface area (Å²) in [7, 11) is -3.68. The van der Waals surface area contributed by atoms with Gasteiger partial charge >= 0.3 is 0 Å². The van der Waals surface area contributed by atoms with Crippen LogP contribution in [-0.2, 0) is 16.4 Å². The number of sulfonamides is 1. The molecule has 0 bridgehead atoms. The monoisotopic (exact) mass is 386 g/mol. The van der Waals surface area contributed by atoms with E-state index in [2.05, 4.69) is 4.72 Å². The first-order valence-electron chi connectivity index (χ1n) is 7.53. The topological polar surface area (TPSA) is 72.2 Å². The van der Waals surface area contributed by atoms with Crippen molar-refractivity contribution in [1.29, 1.82) is 0 Å². The number of nitrogens with two attached hydrogens (primary N) is 1.